The maximum absolute atomic E-state index is 9.14. The molecule has 90 valence electrons. The van der Waals surface area contributed by atoms with Crippen LogP contribution in [0.3, 0.4) is 0 Å². The number of nitriles is 1. The highest BCUT2D eigenvalue weighted by atomic mass is 16.5. The average molecular weight is 231 g/mol. The van der Waals surface area contributed by atoms with Crippen LogP contribution in [0.1, 0.15) is 55.1 Å². The Bertz CT molecular complexity index is 452. The molecular weight excluding hydrogens is 214 g/mol. The minimum absolute atomic E-state index is 0.487. The third-order valence-electron chi connectivity index (χ3n) is 3.88. The number of rotatable bonds is 1. The van der Waals surface area contributed by atoms with Crippen molar-refractivity contribution in [2.24, 2.45) is 0 Å². The Balaban J connectivity index is 1.98. The summed E-state index contributed by atoms with van der Waals surface area (Å²) in [6.45, 7) is 1.35. The van der Waals surface area contributed by atoms with Crippen molar-refractivity contribution in [2.45, 2.75) is 51.2 Å². The first kappa shape index (κ1) is 10.8. The molecule has 4 heteroatoms. The summed E-state index contributed by atoms with van der Waals surface area (Å²) in [4.78, 5) is 0. The topological polar surface area (TPSA) is 50.8 Å². The highest BCUT2D eigenvalue weighted by molar-refractivity contribution is 5.36. The summed E-state index contributed by atoms with van der Waals surface area (Å²) in [6, 6.07) is 2.71. The Kier molecular flexibility index (Phi) is 2.86. The van der Waals surface area contributed by atoms with Crippen molar-refractivity contribution in [3.63, 3.8) is 0 Å². The summed E-state index contributed by atoms with van der Waals surface area (Å²) in [6.07, 6.45) is 7.12. The quantitative estimate of drug-likeness (QED) is 0.745. The standard InChI is InChI=1S/C13H17N3O/c14-8-12-11-6-7-17-9-13(11)16(15-12)10-4-2-1-3-5-10/h10H,1-7,9H2. The van der Waals surface area contributed by atoms with E-state index < -0.39 is 0 Å². The fraction of sp³-hybridized carbons (Fsp3) is 0.692. The summed E-state index contributed by atoms with van der Waals surface area (Å²) in [7, 11) is 0. The third-order valence-corrected chi connectivity index (χ3v) is 3.88. The van der Waals surface area contributed by atoms with E-state index in [0.29, 0.717) is 18.3 Å². The summed E-state index contributed by atoms with van der Waals surface area (Å²) in [5.74, 6) is 0. The van der Waals surface area contributed by atoms with Crippen LogP contribution in [0.2, 0.25) is 0 Å². The normalized spacial score (nSPS) is 20.9. The Morgan fingerprint density at radius 1 is 1.29 bits per heavy atom. The van der Waals surface area contributed by atoms with Gasteiger partial charge in [-0.3, -0.25) is 4.68 Å². The summed E-state index contributed by atoms with van der Waals surface area (Å²) in [5, 5.41) is 13.6. The van der Waals surface area contributed by atoms with Gasteiger partial charge in [-0.2, -0.15) is 10.4 Å². The zero-order chi connectivity index (χ0) is 11.7. The monoisotopic (exact) mass is 231 g/mol. The lowest BCUT2D eigenvalue weighted by molar-refractivity contribution is 0.101. The Hall–Kier alpha value is -1.34. The summed E-state index contributed by atoms with van der Waals surface area (Å²) in [5.41, 5.74) is 2.90. The SMILES string of the molecule is N#Cc1nn(C2CCCCC2)c2c1CCOC2. The van der Waals surface area contributed by atoms with E-state index in [1.807, 2.05) is 0 Å². The van der Waals surface area contributed by atoms with Crippen LogP contribution in [0.15, 0.2) is 0 Å². The number of hydrogen-bond acceptors (Lipinski definition) is 3. The molecule has 0 spiro atoms. The van der Waals surface area contributed by atoms with E-state index in [1.165, 1.54) is 32.1 Å². The largest absolute Gasteiger partial charge is 0.375 e. The highest BCUT2D eigenvalue weighted by Gasteiger charge is 2.26. The molecule has 17 heavy (non-hydrogen) atoms. The predicted molar refractivity (Wildman–Crippen MR) is 62.4 cm³/mol. The van der Waals surface area contributed by atoms with Gasteiger partial charge in [-0.25, -0.2) is 0 Å². The lowest BCUT2D eigenvalue weighted by Crippen LogP contribution is -2.19. The third kappa shape index (κ3) is 1.85. The molecule has 0 unspecified atom stereocenters. The smallest absolute Gasteiger partial charge is 0.166 e. The molecule has 2 aliphatic rings. The van der Waals surface area contributed by atoms with Crippen LogP contribution in [-0.4, -0.2) is 16.4 Å². The fourth-order valence-corrected chi connectivity index (χ4v) is 2.98. The van der Waals surface area contributed by atoms with Gasteiger partial charge in [-0.15, -0.1) is 0 Å². The van der Waals surface area contributed by atoms with E-state index in [4.69, 9.17) is 10.00 Å². The fourth-order valence-electron chi connectivity index (χ4n) is 2.98. The van der Waals surface area contributed by atoms with Crippen LogP contribution in [0.4, 0.5) is 0 Å². The van der Waals surface area contributed by atoms with Crippen LogP contribution in [-0.2, 0) is 17.8 Å². The molecule has 0 bridgehead atoms. The van der Waals surface area contributed by atoms with Crippen LogP contribution >= 0.6 is 0 Å². The van der Waals surface area contributed by atoms with E-state index in [1.54, 1.807) is 0 Å². The van der Waals surface area contributed by atoms with Crippen molar-refractivity contribution in [1.82, 2.24) is 9.78 Å². The van der Waals surface area contributed by atoms with Crippen LogP contribution in [0, 0.1) is 11.3 Å². The first-order valence-electron chi connectivity index (χ1n) is 6.48. The number of aromatic nitrogens is 2. The Labute approximate surface area is 101 Å². The van der Waals surface area contributed by atoms with Gasteiger partial charge in [0.1, 0.15) is 6.07 Å². The lowest BCUT2D eigenvalue weighted by Gasteiger charge is -2.25. The molecule has 0 aromatic carbocycles. The molecule has 1 fully saturated rings. The van der Waals surface area contributed by atoms with Gasteiger partial charge in [-0.1, -0.05) is 19.3 Å². The minimum Gasteiger partial charge on any atom is -0.375 e. The maximum atomic E-state index is 9.14. The Morgan fingerprint density at radius 3 is 2.88 bits per heavy atom. The van der Waals surface area contributed by atoms with Crippen LogP contribution in [0.5, 0.6) is 0 Å². The molecule has 0 saturated heterocycles. The minimum atomic E-state index is 0.487. The van der Waals surface area contributed by atoms with E-state index in [2.05, 4.69) is 15.8 Å². The van der Waals surface area contributed by atoms with Crippen molar-refractivity contribution < 1.29 is 4.74 Å². The first-order chi connectivity index (χ1) is 8.40. The van der Waals surface area contributed by atoms with E-state index in [0.717, 1.165) is 24.3 Å². The average Bonchev–Trinajstić information content (AvgIpc) is 2.78. The van der Waals surface area contributed by atoms with Crippen molar-refractivity contribution in [3.05, 3.63) is 17.0 Å². The summed E-state index contributed by atoms with van der Waals surface area (Å²) >= 11 is 0. The molecule has 2 heterocycles. The van der Waals surface area contributed by atoms with Crippen LogP contribution in [0.25, 0.3) is 0 Å². The summed E-state index contributed by atoms with van der Waals surface area (Å²) < 4.78 is 7.60. The molecule has 1 saturated carbocycles. The second-order valence-corrected chi connectivity index (χ2v) is 4.92. The second kappa shape index (κ2) is 4.50. The van der Waals surface area contributed by atoms with E-state index in [9.17, 15) is 0 Å². The molecule has 0 radical (unpaired) electrons. The number of nitrogens with zero attached hydrogens (tertiary/aromatic N) is 3. The van der Waals surface area contributed by atoms with E-state index >= 15 is 0 Å². The molecule has 4 nitrogen and oxygen atoms in total. The van der Waals surface area contributed by atoms with Gasteiger partial charge in [0.25, 0.3) is 0 Å². The lowest BCUT2D eigenvalue weighted by atomic mass is 9.95. The zero-order valence-corrected chi connectivity index (χ0v) is 9.98. The molecule has 1 aromatic rings. The van der Waals surface area contributed by atoms with Gasteiger partial charge in [0, 0.05) is 12.0 Å². The highest BCUT2D eigenvalue weighted by Crippen LogP contribution is 2.31. The van der Waals surface area contributed by atoms with Crippen LogP contribution < -0.4 is 0 Å². The molecule has 0 atom stereocenters. The second-order valence-electron chi connectivity index (χ2n) is 4.92. The molecule has 3 rings (SSSR count). The van der Waals surface area contributed by atoms with Crippen molar-refractivity contribution in [3.8, 4) is 6.07 Å². The molecule has 1 aliphatic carbocycles. The van der Waals surface area contributed by atoms with Gasteiger partial charge in [0.15, 0.2) is 5.69 Å². The van der Waals surface area contributed by atoms with Crippen molar-refractivity contribution in [2.75, 3.05) is 6.61 Å². The molecule has 0 amide bonds. The number of hydrogen-bond donors (Lipinski definition) is 0. The molecule has 0 N–H and O–H groups in total. The molecular formula is C13H17N3O. The van der Waals surface area contributed by atoms with Crippen molar-refractivity contribution in [1.29, 1.82) is 5.26 Å². The first-order valence-corrected chi connectivity index (χ1v) is 6.48. The van der Waals surface area contributed by atoms with Gasteiger partial charge in [0.2, 0.25) is 0 Å². The Morgan fingerprint density at radius 2 is 2.12 bits per heavy atom. The maximum Gasteiger partial charge on any atom is 0.166 e. The zero-order valence-electron chi connectivity index (χ0n) is 9.98. The predicted octanol–water partition coefficient (Wildman–Crippen LogP) is 2.33. The molecule has 1 aliphatic heterocycles. The van der Waals surface area contributed by atoms with Crippen molar-refractivity contribution >= 4 is 0 Å². The van der Waals surface area contributed by atoms with Gasteiger partial charge in [-0.05, 0) is 12.8 Å². The van der Waals surface area contributed by atoms with Gasteiger partial charge in [0.05, 0.1) is 24.9 Å². The number of fused-ring (bicyclic) bond motifs is 1. The van der Waals surface area contributed by atoms with Gasteiger partial charge < -0.3 is 4.74 Å². The van der Waals surface area contributed by atoms with E-state index in [-0.39, 0.29) is 0 Å². The number of ether oxygens (including phenoxy) is 1. The van der Waals surface area contributed by atoms with Gasteiger partial charge >= 0.3 is 0 Å². The molecule has 1 aromatic heterocycles.